The molecule has 0 bridgehead atoms. The summed E-state index contributed by atoms with van der Waals surface area (Å²) in [6.07, 6.45) is 2.69. The Morgan fingerprint density at radius 2 is 2.29 bits per heavy atom. The molecule has 2 rings (SSSR count). The fourth-order valence-electron chi connectivity index (χ4n) is 2.68. The molecule has 0 radical (unpaired) electrons. The molecule has 1 amide bonds. The molecule has 3 atom stereocenters. The van der Waals surface area contributed by atoms with E-state index in [9.17, 15) is 9.59 Å². The van der Waals surface area contributed by atoms with Gasteiger partial charge in [-0.05, 0) is 24.7 Å². The van der Waals surface area contributed by atoms with Crippen LogP contribution >= 0.6 is 0 Å². The number of nitrogens with zero attached hydrogens (tertiary/aromatic N) is 1. The van der Waals surface area contributed by atoms with Gasteiger partial charge in [0.2, 0.25) is 0 Å². The molecular weight excluding hydrogens is 272 g/mol. The van der Waals surface area contributed by atoms with Crippen LogP contribution in [-0.2, 0) is 14.3 Å². The number of carbonyl (C=O) groups is 2. The average molecular weight is 294 g/mol. The van der Waals surface area contributed by atoms with Crippen LogP contribution in [0, 0.1) is 17.8 Å². The van der Waals surface area contributed by atoms with Crippen molar-refractivity contribution < 1.29 is 19.4 Å². The fraction of sp³-hybridized carbons (Fsp3) is 0.667. The third-order valence-corrected chi connectivity index (χ3v) is 3.84. The molecule has 0 saturated heterocycles. The van der Waals surface area contributed by atoms with Crippen LogP contribution in [0.2, 0.25) is 0 Å². The summed E-state index contributed by atoms with van der Waals surface area (Å²) < 4.78 is 5.87. The highest BCUT2D eigenvalue weighted by molar-refractivity contribution is 5.84. The van der Waals surface area contributed by atoms with E-state index in [1.165, 1.54) is 0 Å². The van der Waals surface area contributed by atoms with Crippen molar-refractivity contribution in [3.8, 4) is 0 Å². The zero-order valence-electron chi connectivity index (χ0n) is 12.6. The van der Waals surface area contributed by atoms with Gasteiger partial charge in [-0.25, -0.2) is 4.99 Å². The molecule has 0 aliphatic carbocycles. The molecule has 2 aliphatic rings. The maximum Gasteiger partial charge on any atom is 0.303 e. The molecule has 0 aromatic heterocycles. The molecule has 21 heavy (non-hydrogen) atoms. The van der Waals surface area contributed by atoms with Gasteiger partial charge in [-0.3, -0.25) is 9.59 Å². The van der Waals surface area contributed by atoms with Crippen LogP contribution in [0.15, 0.2) is 16.6 Å². The SMILES string of the molecule is CC1CC(CCC(=O)O)C=NC2=C1OC(C(C)C)C(=O)N2. The van der Waals surface area contributed by atoms with E-state index in [0.717, 1.165) is 6.42 Å². The van der Waals surface area contributed by atoms with Crippen molar-refractivity contribution in [1.29, 1.82) is 0 Å². The second-order valence-electron chi connectivity index (χ2n) is 6.09. The number of carboxylic acid groups (broad SMARTS) is 1. The number of nitrogens with one attached hydrogen (secondary N) is 1. The van der Waals surface area contributed by atoms with E-state index < -0.39 is 12.1 Å². The van der Waals surface area contributed by atoms with Gasteiger partial charge in [-0.15, -0.1) is 0 Å². The number of ether oxygens (including phenoxy) is 1. The van der Waals surface area contributed by atoms with Gasteiger partial charge in [-0.2, -0.15) is 0 Å². The Balaban J connectivity index is 2.12. The molecule has 2 N–H and O–H groups in total. The van der Waals surface area contributed by atoms with E-state index in [1.807, 2.05) is 20.8 Å². The highest BCUT2D eigenvalue weighted by Crippen LogP contribution is 2.32. The van der Waals surface area contributed by atoms with Crippen LogP contribution in [-0.4, -0.2) is 29.3 Å². The van der Waals surface area contributed by atoms with Crippen LogP contribution in [0.1, 0.15) is 40.0 Å². The third-order valence-electron chi connectivity index (χ3n) is 3.84. The highest BCUT2D eigenvalue weighted by atomic mass is 16.5. The first-order valence-corrected chi connectivity index (χ1v) is 7.36. The van der Waals surface area contributed by atoms with E-state index in [4.69, 9.17) is 9.84 Å². The first kappa shape index (κ1) is 15.5. The zero-order chi connectivity index (χ0) is 15.6. The summed E-state index contributed by atoms with van der Waals surface area (Å²) in [5.41, 5.74) is 0. The molecule has 2 heterocycles. The summed E-state index contributed by atoms with van der Waals surface area (Å²) in [6.45, 7) is 5.90. The minimum absolute atomic E-state index is 0.0831. The predicted octanol–water partition coefficient (Wildman–Crippen LogP) is 1.92. The molecule has 6 nitrogen and oxygen atoms in total. The predicted molar refractivity (Wildman–Crippen MR) is 77.5 cm³/mol. The number of amides is 1. The van der Waals surface area contributed by atoms with Crippen LogP contribution in [0.3, 0.4) is 0 Å². The second kappa shape index (κ2) is 6.28. The standard InChI is InChI=1S/C15H22N2O4/c1-8(2)12-15(20)17-14-13(21-12)9(3)6-10(7-16-14)4-5-11(18)19/h7-10,12H,4-6H2,1-3H3,(H,17,20)(H,18,19). The van der Waals surface area contributed by atoms with Gasteiger partial charge in [-0.1, -0.05) is 20.8 Å². The van der Waals surface area contributed by atoms with Crippen LogP contribution in [0.25, 0.3) is 0 Å². The molecule has 0 aromatic rings. The van der Waals surface area contributed by atoms with E-state index in [0.29, 0.717) is 18.0 Å². The zero-order valence-corrected chi connectivity index (χ0v) is 12.6. The van der Waals surface area contributed by atoms with E-state index >= 15 is 0 Å². The Kier molecular flexibility index (Phi) is 4.65. The minimum Gasteiger partial charge on any atom is -0.481 e. The third kappa shape index (κ3) is 3.62. The number of aliphatic imine (C=N–C) groups is 1. The number of rotatable bonds is 4. The summed E-state index contributed by atoms with van der Waals surface area (Å²) in [6, 6.07) is 0. The molecule has 0 aromatic carbocycles. The minimum atomic E-state index is -0.803. The number of aliphatic carboxylic acids is 1. The van der Waals surface area contributed by atoms with Crippen molar-refractivity contribution in [2.45, 2.75) is 46.1 Å². The average Bonchev–Trinajstić information content (AvgIpc) is 2.54. The molecule has 3 unspecified atom stereocenters. The van der Waals surface area contributed by atoms with Crippen LogP contribution in [0.4, 0.5) is 0 Å². The Hall–Kier alpha value is -1.85. The van der Waals surface area contributed by atoms with Crippen molar-refractivity contribution in [1.82, 2.24) is 5.32 Å². The number of allylic oxidation sites excluding steroid dienone is 1. The molecule has 6 heteroatoms. The monoisotopic (exact) mass is 294 g/mol. The molecule has 2 aliphatic heterocycles. The van der Waals surface area contributed by atoms with Crippen LogP contribution < -0.4 is 5.32 Å². The van der Waals surface area contributed by atoms with E-state index in [-0.39, 0.29) is 30.1 Å². The molecule has 116 valence electrons. The second-order valence-corrected chi connectivity index (χ2v) is 6.09. The molecule has 0 saturated carbocycles. The number of hydrogen-bond donors (Lipinski definition) is 2. The highest BCUT2D eigenvalue weighted by Gasteiger charge is 2.35. The van der Waals surface area contributed by atoms with E-state index in [2.05, 4.69) is 10.3 Å². The van der Waals surface area contributed by atoms with Crippen molar-refractivity contribution in [3.05, 3.63) is 11.6 Å². The van der Waals surface area contributed by atoms with Crippen molar-refractivity contribution in [2.24, 2.45) is 22.7 Å². The summed E-state index contributed by atoms with van der Waals surface area (Å²) >= 11 is 0. The number of carboxylic acids is 1. The first-order chi connectivity index (χ1) is 9.88. The Labute approximate surface area is 124 Å². The lowest BCUT2D eigenvalue weighted by atomic mass is 9.92. The van der Waals surface area contributed by atoms with Gasteiger partial charge >= 0.3 is 5.97 Å². The molecular formula is C15H22N2O4. The summed E-state index contributed by atoms with van der Waals surface area (Å²) in [5.74, 6) is 0.480. The van der Waals surface area contributed by atoms with Gasteiger partial charge in [0.1, 0.15) is 5.76 Å². The van der Waals surface area contributed by atoms with Crippen molar-refractivity contribution >= 4 is 18.1 Å². The Morgan fingerprint density at radius 1 is 1.57 bits per heavy atom. The first-order valence-electron chi connectivity index (χ1n) is 7.36. The van der Waals surface area contributed by atoms with Gasteiger partial charge in [0.15, 0.2) is 11.9 Å². The lowest BCUT2D eigenvalue weighted by Crippen LogP contribution is -2.44. The Bertz CT molecular complexity index is 496. The lowest BCUT2D eigenvalue weighted by molar-refractivity contribution is -0.137. The van der Waals surface area contributed by atoms with Gasteiger partial charge in [0, 0.05) is 18.6 Å². The smallest absolute Gasteiger partial charge is 0.303 e. The topological polar surface area (TPSA) is 88.0 Å². The van der Waals surface area contributed by atoms with Crippen LogP contribution in [0.5, 0.6) is 0 Å². The Morgan fingerprint density at radius 3 is 2.90 bits per heavy atom. The summed E-state index contributed by atoms with van der Waals surface area (Å²) in [5, 5.41) is 11.6. The molecule has 0 fully saturated rings. The van der Waals surface area contributed by atoms with Gasteiger partial charge in [0.25, 0.3) is 5.91 Å². The normalized spacial score (nSPS) is 28.8. The van der Waals surface area contributed by atoms with E-state index in [1.54, 1.807) is 6.21 Å². The largest absolute Gasteiger partial charge is 0.481 e. The maximum absolute atomic E-state index is 12.0. The molecule has 0 spiro atoms. The van der Waals surface area contributed by atoms with Crippen molar-refractivity contribution in [2.75, 3.05) is 0 Å². The van der Waals surface area contributed by atoms with Gasteiger partial charge < -0.3 is 15.2 Å². The maximum atomic E-state index is 12.0. The summed E-state index contributed by atoms with van der Waals surface area (Å²) in [4.78, 5) is 27.0. The van der Waals surface area contributed by atoms with Crippen molar-refractivity contribution in [3.63, 3.8) is 0 Å². The lowest BCUT2D eigenvalue weighted by Gasteiger charge is -2.31. The quantitative estimate of drug-likeness (QED) is 0.829. The van der Waals surface area contributed by atoms with Gasteiger partial charge in [0.05, 0.1) is 0 Å². The fourth-order valence-corrected chi connectivity index (χ4v) is 2.68. The number of hydrogen-bond acceptors (Lipinski definition) is 4. The number of carbonyl (C=O) groups excluding carboxylic acids is 1. The summed E-state index contributed by atoms with van der Waals surface area (Å²) in [7, 11) is 0.